The van der Waals surface area contributed by atoms with Gasteiger partial charge in [0.25, 0.3) is 11.1 Å². The summed E-state index contributed by atoms with van der Waals surface area (Å²) in [6.45, 7) is 3.47. The number of thioether (sulfide) groups is 2. The molecule has 0 amide bonds. The van der Waals surface area contributed by atoms with Crippen LogP contribution in [0.4, 0.5) is 17.6 Å². The summed E-state index contributed by atoms with van der Waals surface area (Å²) in [5, 5.41) is 1.93. The topological polar surface area (TPSA) is 105 Å². The predicted molar refractivity (Wildman–Crippen MR) is 195 cm³/mol. The van der Waals surface area contributed by atoms with Gasteiger partial charge in [0.1, 0.15) is 0 Å². The largest absolute Gasteiger partial charge is 0.389 e. The first-order valence-electron chi connectivity index (χ1n) is 15.6. The Labute approximate surface area is 307 Å². The maximum Gasteiger partial charge on any atom is 0.389 e. The number of fused-ring (bicyclic) bond motifs is 2. The number of hydrogen-bond donors (Lipinski definition) is 0. The van der Waals surface area contributed by atoms with Gasteiger partial charge in [-0.25, -0.2) is 19.9 Å². The molecule has 0 fully saturated rings. The molecule has 51 heavy (non-hydrogen) atoms. The Hall–Kier alpha value is -3.86. The molecule has 4 heterocycles. The number of aromatic nitrogens is 8. The summed E-state index contributed by atoms with van der Waals surface area (Å²) in [5.41, 5.74) is 2.02. The van der Waals surface area contributed by atoms with E-state index in [-0.39, 0.29) is 34.9 Å². The normalized spacial score (nSPS) is 11.8. The lowest BCUT2D eigenvalue weighted by Gasteiger charge is -2.14. The Morgan fingerprint density at radius 2 is 1.22 bits per heavy atom. The first-order valence-corrected chi connectivity index (χ1v) is 18.4. The van der Waals surface area contributed by atoms with E-state index in [4.69, 9.17) is 23.2 Å². The van der Waals surface area contributed by atoms with Gasteiger partial charge in [-0.1, -0.05) is 46.7 Å². The number of benzene rings is 2. The second-order valence-electron chi connectivity index (χ2n) is 11.4. The van der Waals surface area contributed by atoms with Gasteiger partial charge in [0, 0.05) is 41.1 Å². The second-order valence-corrected chi connectivity index (χ2v) is 14.4. The molecule has 18 heteroatoms. The Balaban J connectivity index is 0.000000201. The van der Waals surface area contributed by atoms with Crippen molar-refractivity contribution in [2.75, 3.05) is 18.2 Å². The van der Waals surface area contributed by atoms with E-state index in [2.05, 4.69) is 19.9 Å². The minimum absolute atomic E-state index is 0.0337. The molecule has 10 nitrogen and oxygen atoms in total. The monoisotopic (exact) mass is 782 g/mol. The number of hydrogen-bond acceptors (Lipinski definition) is 8. The molecule has 0 aliphatic carbocycles. The van der Waals surface area contributed by atoms with Crippen molar-refractivity contribution in [3.8, 4) is 11.4 Å². The van der Waals surface area contributed by atoms with Crippen molar-refractivity contribution < 1.29 is 17.6 Å². The number of aryl methyl sites for hydroxylation is 1. The quantitative estimate of drug-likeness (QED) is 0.0558. The average molecular weight is 784 g/mol. The lowest BCUT2D eigenvalue weighted by molar-refractivity contribution is -0.134. The van der Waals surface area contributed by atoms with Gasteiger partial charge in [-0.3, -0.25) is 23.1 Å². The molecule has 0 saturated heterocycles. The van der Waals surface area contributed by atoms with Gasteiger partial charge in [0.15, 0.2) is 32.6 Å². The lowest BCUT2D eigenvalue weighted by Crippen LogP contribution is -2.22. The summed E-state index contributed by atoms with van der Waals surface area (Å²) >= 11 is 14.3. The summed E-state index contributed by atoms with van der Waals surface area (Å²) in [6.07, 6.45) is -1.63. The number of halogens is 6. The maximum atomic E-state index is 13.1. The molecule has 0 saturated carbocycles. The third-order valence-electron chi connectivity index (χ3n) is 7.34. The molecule has 0 radical (unpaired) electrons. The smallest absolute Gasteiger partial charge is 0.318 e. The number of rotatable bonds is 11. The predicted octanol–water partition coefficient (Wildman–Crippen LogP) is 8.48. The highest BCUT2D eigenvalue weighted by Crippen LogP contribution is 2.27. The SMILES string of the molecule is CC(C)n1cnc2c(=O)n(-c3ccc(Cl)cc3)c(SCCCC(F)(F)F)nc21.Cn1cnc2c(=O)n(-c3ccc(Cl)cc3)c(SCCCF)nc21. The van der Waals surface area contributed by atoms with Crippen molar-refractivity contribution >= 4 is 69.1 Å². The number of imidazole rings is 2. The third-order valence-corrected chi connectivity index (χ3v) is 9.90. The van der Waals surface area contributed by atoms with E-state index in [9.17, 15) is 27.2 Å². The van der Waals surface area contributed by atoms with Crippen molar-refractivity contribution in [1.82, 2.24) is 38.2 Å². The molecule has 0 atom stereocenters. The Kier molecular flexibility index (Phi) is 12.5. The van der Waals surface area contributed by atoms with Gasteiger partial charge in [0.05, 0.1) is 30.7 Å². The minimum Gasteiger partial charge on any atom is -0.318 e. The Morgan fingerprint density at radius 3 is 1.71 bits per heavy atom. The first-order chi connectivity index (χ1) is 24.3. The van der Waals surface area contributed by atoms with Crippen LogP contribution in [0, 0.1) is 0 Å². The fourth-order valence-corrected chi connectivity index (χ4v) is 6.95. The summed E-state index contributed by atoms with van der Waals surface area (Å²) in [6, 6.07) is 13.6. The molecule has 0 aliphatic heterocycles. The van der Waals surface area contributed by atoms with Crippen LogP contribution < -0.4 is 11.1 Å². The molecule has 6 aromatic rings. The maximum absolute atomic E-state index is 13.1. The molecule has 0 spiro atoms. The van der Waals surface area contributed by atoms with Crippen LogP contribution in [-0.2, 0) is 7.05 Å². The molecule has 0 bridgehead atoms. The summed E-state index contributed by atoms with van der Waals surface area (Å²) in [4.78, 5) is 43.3. The number of nitrogens with zero attached hydrogens (tertiary/aromatic N) is 8. The highest BCUT2D eigenvalue weighted by Gasteiger charge is 2.26. The van der Waals surface area contributed by atoms with E-state index in [1.54, 1.807) is 77.4 Å². The minimum atomic E-state index is -4.20. The van der Waals surface area contributed by atoms with Crippen LogP contribution in [0.25, 0.3) is 33.7 Å². The zero-order chi connectivity index (χ0) is 36.9. The van der Waals surface area contributed by atoms with Crippen molar-refractivity contribution in [2.45, 2.75) is 55.6 Å². The van der Waals surface area contributed by atoms with Crippen LogP contribution in [0.2, 0.25) is 10.0 Å². The highest BCUT2D eigenvalue weighted by atomic mass is 35.5. The standard InChI is InChI=1S/C18H18ClF3N4OS.C15H14ClFN4OS/c1-11(2)25-10-23-14-15(25)24-17(28-9-3-8-18(20,21)22)26(16(14)27)13-6-4-12(19)5-7-13;1-20-9-18-12-13(20)19-15(23-8-2-7-17)21(14(12)22)11-5-3-10(16)4-6-11/h4-7,10-11H,3,8-9H2,1-2H3;3-6,9H,2,7-8H2,1H3. The van der Waals surface area contributed by atoms with Crippen LogP contribution in [0.3, 0.4) is 0 Å². The van der Waals surface area contributed by atoms with E-state index in [1.165, 1.54) is 20.9 Å². The average Bonchev–Trinajstić information content (AvgIpc) is 3.69. The van der Waals surface area contributed by atoms with E-state index < -0.39 is 19.3 Å². The summed E-state index contributed by atoms with van der Waals surface area (Å²) < 4.78 is 56.0. The molecule has 0 N–H and O–H groups in total. The molecule has 0 unspecified atom stereocenters. The summed E-state index contributed by atoms with van der Waals surface area (Å²) in [5.74, 6) is 0.723. The van der Waals surface area contributed by atoms with E-state index >= 15 is 0 Å². The van der Waals surface area contributed by atoms with Gasteiger partial charge in [0.2, 0.25) is 0 Å². The first kappa shape index (κ1) is 38.4. The Morgan fingerprint density at radius 1 is 0.745 bits per heavy atom. The zero-order valence-electron chi connectivity index (χ0n) is 27.6. The van der Waals surface area contributed by atoms with Crippen molar-refractivity contribution in [3.63, 3.8) is 0 Å². The van der Waals surface area contributed by atoms with E-state index in [0.717, 1.165) is 11.8 Å². The molecular formula is C33H32Cl2F4N8O2S2. The van der Waals surface area contributed by atoms with Gasteiger partial charge in [-0.05, 0) is 75.2 Å². The Bertz CT molecular complexity index is 2240. The molecule has 2 aromatic carbocycles. The highest BCUT2D eigenvalue weighted by molar-refractivity contribution is 7.99. The van der Waals surface area contributed by atoms with Crippen molar-refractivity contribution in [2.24, 2.45) is 7.05 Å². The summed E-state index contributed by atoms with van der Waals surface area (Å²) in [7, 11) is 1.78. The molecular weight excluding hydrogens is 751 g/mol. The van der Waals surface area contributed by atoms with E-state index in [0.29, 0.717) is 60.7 Å². The van der Waals surface area contributed by atoms with Gasteiger partial charge in [-0.15, -0.1) is 0 Å². The number of alkyl halides is 4. The lowest BCUT2D eigenvalue weighted by atomic mass is 10.3. The molecule has 0 aliphatic rings. The van der Waals surface area contributed by atoms with Gasteiger partial charge < -0.3 is 9.13 Å². The van der Waals surface area contributed by atoms with Crippen LogP contribution in [0.15, 0.2) is 81.1 Å². The van der Waals surface area contributed by atoms with Crippen LogP contribution in [0.1, 0.15) is 39.2 Å². The van der Waals surface area contributed by atoms with Crippen molar-refractivity contribution in [3.05, 3.63) is 91.9 Å². The third kappa shape index (κ3) is 9.15. The molecule has 6 rings (SSSR count). The molecule has 4 aromatic heterocycles. The molecule has 270 valence electrons. The fourth-order valence-electron chi connectivity index (χ4n) is 4.85. The zero-order valence-corrected chi connectivity index (χ0v) is 30.7. The van der Waals surface area contributed by atoms with Crippen LogP contribution >= 0.6 is 46.7 Å². The van der Waals surface area contributed by atoms with Gasteiger partial charge >= 0.3 is 6.18 Å². The van der Waals surface area contributed by atoms with Crippen molar-refractivity contribution in [1.29, 1.82) is 0 Å². The fraction of sp³-hybridized carbons (Fsp3) is 0.333. The van der Waals surface area contributed by atoms with Crippen LogP contribution in [0.5, 0.6) is 0 Å². The second kappa shape index (κ2) is 16.7. The van der Waals surface area contributed by atoms with Gasteiger partial charge in [-0.2, -0.15) is 13.2 Å². The van der Waals surface area contributed by atoms with Crippen LogP contribution in [-0.4, -0.2) is 62.6 Å². The van der Waals surface area contributed by atoms with E-state index in [1.807, 2.05) is 13.8 Å².